The third-order valence-corrected chi connectivity index (χ3v) is 5.59. The van der Waals surface area contributed by atoms with E-state index >= 15 is 0 Å². The molecule has 1 aliphatic heterocycles. The number of aromatic nitrogens is 2. The summed E-state index contributed by atoms with van der Waals surface area (Å²) in [6.07, 6.45) is 0. The van der Waals surface area contributed by atoms with Crippen LogP contribution in [0.3, 0.4) is 0 Å². The molecular weight excluding hydrogens is 448 g/mol. The van der Waals surface area contributed by atoms with Crippen LogP contribution >= 0.6 is 0 Å². The van der Waals surface area contributed by atoms with Crippen molar-refractivity contribution in [1.82, 2.24) is 10.2 Å². The molecule has 4 rings (SSSR count). The third-order valence-electron chi connectivity index (χ3n) is 5.59. The molecule has 0 amide bonds. The summed E-state index contributed by atoms with van der Waals surface area (Å²) in [7, 11) is 1.59. The maximum atomic E-state index is 10.0. The summed E-state index contributed by atoms with van der Waals surface area (Å²) in [6, 6.07) is 13.4. The standard InChI is InChI=1S/C26H28N4O5/c1-5-32-18-11-9-16(13-20(18)31-4)24-23-22(17(14-27)25(28)35-26(23)30-29-24)15-8-10-19(33-6-2)21(12-15)34-7-3/h8-13,22H,5-7,28H2,1-4H3,(H,29,30)/t22-/m1/s1. The van der Waals surface area contributed by atoms with Crippen LogP contribution in [0.4, 0.5) is 0 Å². The number of rotatable bonds is 9. The smallest absolute Gasteiger partial charge is 0.244 e. The van der Waals surface area contributed by atoms with Crippen LogP contribution in [0.1, 0.15) is 37.8 Å². The van der Waals surface area contributed by atoms with Gasteiger partial charge in [0.05, 0.1) is 44.1 Å². The molecule has 182 valence electrons. The van der Waals surface area contributed by atoms with Gasteiger partial charge in [0.2, 0.25) is 11.8 Å². The highest BCUT2D eigenvalue weighted by atomic mass is 16.5. The highest BCUT2D eigenvalue weighted by molar-refractivity contribution is 5.73. The van der Waals surface area contributed by atoms with Gasteiger partial charge in [-0.15, -0.1) is 5.10 Å². The zero-order valence-corrected chi connectivity index (χ0v) is 20.2. The van der Waals surface area contributed by atoms with Gasteiger partial charge in [-0.25, -0.2) is 0 Å². The van der Waals surface area contributed by atoms with Crippen molar-refractivity contribution in [2.75, 3.05) is 26.9 Å². The Hall–Kier alpha value is -4.32. The molecule has 0 radical (unpaired) electrons. The topological polar surface area (TPSA) is 125 Å². The minimum absolute atomic E-state index is 0.0131. The van der Waals surface area contributed by atoms with Crippen molar-refractivity contribution < 1.29 is 23.7 Å². The summed E-state index contributed by atoms with van der Waals surface area (Å²) < 4.78 is 28.4. The van der Waals surface area contributed by atoms with Crippen molar-refractivity contribution in [2.45, 2.75) is 26.7 Å². The summed E-state index contributed by atoms with van der Waals surface area (Å²) in [6.45, 7) is 7.21. The van der Waals surface area contributed by atoms with E-state index in [9.17, 15) is 5.26 Å². The molecule has 2 aromatic carbocycles. The van der Waals surface area contributed by atoms with Gasteiger partial charge >= 0.3 is 0 Å². The number of nitrogens with one attached hydrogen (secondary N) is 1. The molecule has 3 aromatic rings. The molecule has 0 saturated carbocycles. The lowest BCUT2D eigenvalue weighted by molar-refractivity contribution is 0.287. The maximum absolute atomic E-state index is 10.0. The first-order valence-corrected chi connectivity index (χ1v) is 11.4. The number of hydrogen-bond acceptors (Lipinski definition) is 8. The molecule has 0 unspecified atom stereocenters. The van der Waals surface area contributed by atoms with E-state index in [4.69, 9.17) is 29.4 Å². The largest absolute Gasteiger partial charge is 0.493 e. The van der Waals surface area contributed by atoms with Gasteiger partial charge in [-0.1, -0.05) is 6.07 Å². The van der Waals surface area contributed by atoms with Gasteiger partial charge in [0, 0.05) is 5.56 Å². The quantitative estimate of drug-likeness (QED) is 0.463. The van der Waals surface area contributed by atoms with E-state index in [0.717, 1.165) is 11.1 Å². The van der Waals surface area contributed by atoms with Crippen molar-refractivity contribution in [1.29, 1.82) is 5.26 Å². The van der Waals surface area contributed by atoms with Crippen LogP contribution in [-0.4, -0.2) is 37.1 Å². The number of methoxy groups -OCH3 is 1. The molecule has 1 atom stereocenters. The highest BCUT2D eigenvalue weighted by Gasteiger charge is 2.36. The van der Waals surface area contributed by atoms with Crippen LogP contribution in [0.5, 0.6) is 28.9 Å². The lowest BCUT2D eigenvalue weighted by Gasteiger charge is -2.25. The zero-order chi connectivity index (χ0) is 24.9. The van der Waals surface area contributed by atoms with Crippen LogP contribution < -0.4 is 29.4 Å². The molecule has 1 aliphatic rings. The molecule has 2 heterocycles. The van der Waals surface area contributed by atoms with Crippen molar-refractivity contribution in [3.63, 3.8) is 0 Å². The van der Waals surface area contributed by atoms with Gasteiger partial charge in [-0.05, 0) is 56.7 Å². The molecule has 0 fully saturated rings. The van der Waals surface area contributed by atoms with Crippen molar-refractivity contribution in [2.24, 2.45) is 5.73 Å². The zero-order valence-electron chi connectivity index (χ0n) is 20.2. The normalized spacial score (nSPS) is 14.5. The fourth-order valence-corrected chi connectivity index (χ4v) is 4.14. The van der Waals surface area contributed by atoms with Gasteiger partial charge in [0.25, 0.3) is 0 Å². The number of allylic oxidation sites excluding steroid dienone is 1. The summed E-state index contributed by atoms with van der Waals surface area (Å²) in [5, 5.41) is 17.4. The average molecular weight is 477 g/mol. The predicted molar refractivity (Wildman–Crippen MR) is 130 cm³/mol. The van der Waals surface area contributed by atoms with E-state index in [0.29, 0.717) is 60.0 Å². The van der Waals surface area contributed by atoms with E-state index in [2.05, 4.69) is 16.3 Å². The molecule has 9 heteroatoms. The number of nitrogens with two attached hydrogens (primary N) is 1. The van der Waals surface area contributed by atoms with Crippen LogP contribution in [0.15, 0.2) is 47.9 Å². The number of nitriles is 1. The average Bonchev–Trinajstić information content (AvgIpc) is 3.28. The molecule has 3 N–H and O–H groups in total. The third kappa shape index (κ3) is 4.43. The van der Waals surface area contributed by atoms with Gasteiger partial charge in [-0.3, -0.25) is 5.10 Å². The lowest BCUT2D eigenvalue weighted by Crippen LogP contribution is -2.21. The Labute approximate surface area is 204 Å². The fourth-order valence-electron chi connectivity index (χ4n) is 4.14. The second kappa shape index (κ2) is 10.3. The number of aromatic amines is 1. The van der Waals surface area contributed by atoms with Gasteiger partial charge in [0.15, 0.2) is 23.0 Å². The first-order valence-electron chi connectivity index (χ1n) is 11.4. The molecule has 9 nitrogen and oxygen atoms in total. The van der Waals surface area contributed by atoms with E-state index in [1.165, 1.54) is 0 Å². The first-order chi connectivity index (χ1) is 17.1. The van der Waals surface area contributed by atoms with Gasteiger partial charge < -0.3 is 29.4 Å². The monoisotopic (exact) mass is 476 g/mol. The number of H-pyrrole nitrogens is 1. The van der Waals surface area contributed by atoms with Crippen molar-refractivity contribution >= 4 is 0 Å². The molecule has 0 bridgehead atoms. The van der Waals surface area contributed by atoms with E-state index in [1.54, 1.807) is 7.11 Å². The SMILES string of the molecule is CCOc1ccc(-c2[nH]nc3c2[C@H](c2ccc(OCC)c(OCC)c2)C(C#N)=C(N)O3)cc1OC. The predicted octanol–water partition coefficient (Wildman–Crippen LogP) is 4.50. The Morgan fingerprint density at radius 1 is 0.971 bits per heavy atom. The number of hydrogen-bond donors (Lipinski definition) is 2. The van der Waals surface area contributed by atoms with Crippen LogP contribution in [0.2, 0.25) is 0 Å². The molecule has 0 aliphatic carbocycles. The summed E-state index contributed by atoms with van der Waals surface area (Å²) in [5.74, 6) is 2.21. The molecule has 0 spiro atoms. The number of nitrogens with zero attached hydrogens (tertiary/aromatic N) is 2. The van der Waals surface area contributed by atoms with E-state index in [-0.39, 0.29) is 11.5 Å². The first kappa shape index (κ1) is 23.8. The van der Waals surface area contributed by atoms with Crippen molar-refractivity contribution in [3.05, 3.63) is 59.0 Å². The van der Waals surface area contributed by atoms with E-state index in [1.807, 2.05) is 57.2 Å². The second-order valence-electron chi connectivity index (χ2n) is 7.61. The number of benzene rings is 2. The Kier molecular flexibility index (Phi) is 7.01. The number of ether oxygens (including phenoxy) is 5. The van der Waals surface area contributed by atoms with Gasteiger partial charge in [0.1, 0.15) is 11.6 Å². The van der Waals surface area contributed by atoms with Crippen LogP contribution in [0.25, 0.3) is 11.3 Å². The minimum atomic E-state index is -0.537. The molecule has 35 heavy (non-hydrogen) atoms. The van der Waals surface area contributed by atoms with Crippen LogP contribution in [0, 0.1) is 11.3 Å². The number of fused-ring (bicyclic) bond motifs is 1. The Balaban J connectivity index is 1.88. The molecular formula is C26H28N4O5. The van der Waals surface area contributed by atoms with Crippen molar-refractivity contribution in [3.8, 4) is 46.2 Å². The molecule has 1 aromatic heterocycles. The second-order valence-corrected chi connectivity index (χ2v) is 7.61. The van der Waals surface area contributed by atoms with Crippen LogP contribution in [-0.2, 0) is 0 Å². The van der Waals surface area contributed by atoms with E-state index < -0.39 is 5.92 Å². The minimum Gasteiger partial charge on any atom is -0.493 e. The Bertz CT molecular complexity index is 1290. The molecule has 0 saturated heterocycles. The maximum Gasteiger partial charge on any atom is 0.244 e. The fraction of sp³-hybridized carbons (Fsp3) is 0.308. The summed E-state index contributed by atoms with van der Waals surface area (Å²) >= 11 is 0. The summed E-state index contributed by atoms with van der Waals surface area (Å²) in [5.41, 5.74) is 9.38. The highest BCUT2D eigenvalue weighted by Crippen LogP contribution is 2.47. The Morgan fingerprint density at radius 3 is 2.29 bits per heavy atom. The van der Waals surface area contributed by atoms with Gasteiger partial charge in [-0.2, -0.15) is 5.26 Å². The lowest BCUT2D eigenvalue weighted by atomic mass is 9.83. The summed E-state index contributed by atoms with van der Waals surface area (Å²) in [4.78, 5) is 0. The Morgan fingerprint density at radius 2 is 1.63 bits per heavy atom.